The quantitative estimate of drug-likeness (QED) is 0.241. The number of hydrazone groups is 1. The topological polar surface area (TPSA) is 88.6 Å². The molecule has 10 heteroatoms. The molecule has 0 aliphatic carbocycles. The predicted molar refractivity (Wildman–Crippen MR) is 126 cm³/mol. The number of nitrogens with zero attached hydrogens (tertiary/aromatic N) is 5. The minimum atomic E-state index is -0.353. The summed E-state index contributed by atoms with van der Waals surface area (Å²) < 4.78 is 20.6. The Balaban J connectivity index is 1.43. The van der Waals surface area contributed by atoms with E-state index in [0.717, 1.165) is 11.3 Å². The van der Waals surface area contributed by atoms with Gasteiger partial charge in [0.15, 0.2) is 10.9 Å². The second kappa shape index (κ2) is 10.1. The fourth-order valence-corrected chi connectivity index (χ4v) is 3.70. The number of aromatic nitrogens is 3. The molecule has 2 aromatic carbocycles. The number of hydrogen-bond donors (Lipinski definition) is 1. The van der Waals surface area contributed by atoms with E-state index in [9.17, 15) is 9.18 Å². The highest BCUT2D eigenvalue weighted by Crippen LogP contribution is 2.28. The number of anilines is 1. The van der Waals surface area contributed by atoms with Gasteiger partial charge >= 0.3 is 0 Å². The molecule has 2 heterocycles. The lowest BCUT2D eigenvalue weighted by atomic mass is 10.2. The molecule has 1 amide bonds. The number of carbonyl (C=O) groups excluding carboxylic acids is 1. The lowest BCUT2D eigenvalue weighted by molar-refractivity contribution is -0.118. The van der Waals surface area contributed by atoms with E-state index < -0.39 is 0 Å². The van der Waals surface area contributed by atoms with Gasteiger partial charge in [0.05, 0.1) is 23.9 Å². The molecule has 0 bridgehead atoms. The van der Waals surface area contributed by atoms with Crippen molar-refractivity contribution in [2.75, 3.05) is 24.7 Å². The number of hydrogen-bond acceptors (Lipinski definition) is 7. The van der Waals surface area contributed by atoms with Crippen molar-refractivity contribution >= 4 is 29.6 Å². The van der Waals surface area contributed by atoms with Crippen LogP contribution in [0.4, 0.5) is 10.1 Å². The van der Waals surface area contributed by atoms with Gasteiger partial charge in [-0.3, -0.25) is 9.36 Å². The van der Waals surface area contributed by atoms with Crippen molar-refractivity contribution in [2.45, 2.75) is 5.16 Å². The van der Waals surface area contributed by atoms with Gasteiger partial charge < -0.3 is 9.32 Å². The summed E-state index contributed by atoms with van der Waals surface area (Å²) in [4.78, 5) is 14.3. The van der Waals surface area contributed by atoms with Crippen molar-refractivity contribution < 1.29 is 13.6 Å². The Morgan fingerprint density at radius 3 is 2.58 bits per heavy atom. The number of amides is 1. The number of furan rings is 1. The summed E-state index contributed by atoms with van der Waals surface area (Å²) in [6.07, 6.45) is 3.11. The van der Waals surface area contributed by atoms with Gasteiger partial charge in [-0.1, -0.05) is 23.9 Å². The van der Waals surface area contributed by atoms with Crippen molar-refractivity contribution in [1.82, 2.24) is 20.2 Å². The minimum Gasteiger partial charge on any atom is -0.461 e. The fourth-order valence-electron chi connectivity index (χ4n) is 2.95. The van der Waals surface area contributed by atoms with Gasteiger partial charge in [0.25, 0.3) is 5.91 Å². The molecule has 0 fully saturated rings. The van der Waals surface area contributed by atoms with E-state index in [2.05, 4.69) is 20.7 Å². The van der Waals surface area contributed by atoms with Crippen LogP contribution < -0.4 is 10.3 Å². The smallest absolute Gasteiger partial charge is 0.250 e. The number of benzene rings is 2. The van der Waals surface area contributed by atoms with Crippen LogP contribution in [-0.2, 0) is 4.79 Å². The molecule has 0 saturated carbocycles. The van der Waals surface area contributed by atoms with Gasteiger partial charge in [0.1, 0.15) is 5.82 Å². The summed E-state index contributed by atoms with van der Waals surface area (Å²) in [6, 6.07) is 17.2. The molecule has 4 rings (SSSR count). The molecule has 168 valence electrons. The highest BCUT2D eigenvalue weighted by Gasteiger charge is 2.19. The summed E-state index contributed by atoms with van der Waals surface area (Å²) in [5, 5.41) is 12.9. The zero-order chi connectivity index (χ0) is 23.2. The van der Waals surface area contributed by atoms with E-state index >= 15 is 0 Å². The van der Waals surface area contributed by atoms with E-state index in [1.54, 1.807) is 35.0 Å². The maximum atomic E-state index is 13.4. The Labute approximate surface area is 194 Å². The average molecular weight is 465 g/mol. The second-order valence-corrected chi connectivity index (χ2v) is 8.11. The van der Waals surface area contributed by atoms with Gasteiger partial charge in [-0.15, -0.1) is 10.2 Å². The molecule has 0 unspecified atom stereocenters. The first-order chi connectivity index (χ1) is 16.0. The van der Waals surface area contributed by atoms with Crippen LogP contribution in [0, 0.1) is 5.82 Å². The number of nitrogens with one attached hydrogen (secondary N) is 1. The van der Waals surface area contributed by atoms with Gasteiger partial charge in [0.2, 0.25) is 5.82 Å². The van der Waals surface area contributed by atoms with Crippen LogP contribution in [0.1, 0.15) is 5.56 Å². The third-order valence-corrected chi connectivity index (χ3v) is 5.53. The van der Waals surface area contributed by atoms with E-state index in [1.807, 2.05) is 43.3 Å². The first-order valence-electron chi connectivity index (χ1n) is 9.98. The van der Waals surface area contributed by atoms with E-state index in [0.29, 0.717) is 22.4 Å². The summed E-state index contributed by atoms with van der Waals surface area (Å²) in [7, 11) is 3.94. The predicted octanol–water partition coefficient (Wildman–Crippen LogP) is 3.97. The van der Waals surface area contributed by atoms with Gasteiger partial charge in [-0.2, -0.15) is 5.10 Å². The molecule has 0 radical (unpaired) electrons. The summed E-state index contributed by atoms with van der Waals surface area (Å²) in [5.74, 6) is 0.374. The van der Waals surface area contributed by atoms with Crippen LogP contribution in [0.5, 0.6) is 0 Å². The maximum Gasteiger partial charge on any atom is 0.250 e. The van der Waals surface area contributed by atoms with Gasteiger partial charge in [-0.05, 0) is 54.1 Å². The van der Waals surface area contributed by atoms with Crippen molar-refractivity contribution in [1.29, 1.82) is 0 Å². The molecule has 2 aromatic heterocycles. The number of thioether (sulfide) groups is 1. The van der Waals surface area contributed by atoms with Crippen molar-refractivity contribution in [2.24, 2.45) is 5.10 Å². The van der Waals surface area contributed by atoms with Crippen molar-refractivity contribution in [3.8, 4) is 17.3 Å². The molecule has 0 spiro atoms. The Hall–Kier alpha value is -3.92. The average Bonchev–Trinajstić information content (AvgIpc) is 3.48. The zero-order valence-corrected chi connectivity index (χ0v) is 18.8. The number of carbonyl (C=O) groups is 1. The first-order valence-corrected chi connectivity index (χ1v) is 11.0. The number of rotatable bonds is 8. The lowest BCUT2D eigenvalue weighted by Gasteiger charge is -2.11. The number of halogens is 1. The molecule has 0 aliphatic rings. The molecular weight excluding hydrogens is 443 g/mol. The van der Waals surface area contributed by atoms with E-state index in [1.165, 1.54) is 30.2 Å². The Bertz CT molecular complexity index is 1240. The van der Waals surface area contributed by atoms with Crippen LogP contribution in [0.2, 0.25) is 0 Å². The van der Waals surface area contributed by atoms with Crippen LogP contribution in [0.3, 0.4) is 0 Å². The van der Waals surface area contributed by atoms with Gasteiger partial charge in [-0.25, -0.2) is 9.82 Å². The lowest BCUT2D eigenvalue weighted by Crippen LogP contribution is -2.20. The van der Waals surface area contributed by atoms with Crippen molar-refractivity contribution in [3.05, 3.63) is 78.3 Å². The van der Waals surface area contributed by atoms with Crippen molar-refractivity contribution in [3.63, 3.8) is 0 Å². The van der Waals surface area contributed by atoms with E-state index in [-0.39, 0.29) is 17.5 Å². The summed E-state index contributed by atoms with van der Waals surface area (Å²) >= 11 is 1.19. The van der Waals surface area contributed by atoms with Crippen LogP contribution in [0.15, 0.2) is 81.6 Å². The van der Waals surface area contributed by atoms with E-state index in [4.69, 9.17) is 4.42 Å². The molecular formula is C23H21FN6O2S. The highest BCUT2D eigenvalue weighted by atomic mass is 32.2. The largest absolute Gasteiger partial charge is 0.461 e. The molecule has 33 heavy (non-hydrogen) atoms. The standard InChI is InChI=1S/C23H21FN6O2S/c1-29(2)18-9-5-16(6-10-18)14-25-26-21(31)15-33-23-28-27-22(20-4-3-13-32-20)30(23)19-11-7-17(24)8-12-19/h3-14H,15H2,1-2H3,(H,26,31)/b25-14+. The minimum absolute atomic E-state index is 0.0639. The third kappa shape index (κ3) is 5.47. The van der Waals surface area contributed by atoms with Crippen LogP contribution in [-0.4, -0.2) is 46.7 Å². The second-order valence-electron chi connectivity index (χ2n) is 7.16. The van der Waals surface area contributed by atoms with Gasteiger partial charge in [0, 0.05) is 19.8 Å². The SMILES string of the molecule is CN(C)c1ccc(/C=N/NC(=O)CSc2nnc(-c3ccco3)n2-c2ccc(F)cc2)cc1. The van der Waals surface area contributed by atoms with Crippen LogP contribution >= 0.6 is 11.8 Å². The maximum absolute atomic E-state index is 13.4. The molecule has 4 aromatic rings. The normalized spacial score (nSPS) is 11.1. The summed E-state index contributed by atoms with van der Waals surface area (Å²) in [5.41, 5.74) is 5.11. The molecule has 0 saturated heterocycles. The fraction of sp³-hybridized carbons (Fsp3) is 0.130. The molecule has 8 nitrogen and oxygen atoms in total. The Morgan fingerprint density at radius 1 is 1.15 bits per heavy atom. The Kier molecular flexibility index (Phi) is 6.84. The Morgan fingerprint density at radius 2 is 1.91 bits per heavy atom. The molecule has 1 N–H and O–H groups in total. The third-order valence-electron chi connectivity index (χ3n) is 4.60. The zero-order valence-electron chi connectivity index (χ0n) is 18.0. The monoisotopic (exact) mass is 464 g/mol. The molecule has 0 aliphatic heterocycles. The van der Waals surface area contributed by atoms with Crippen LogP contribution in [0.25, 0.3) is 17.3 Å². The highest BCUT2D eigenvalue weighted by molar-refractivity contribution is 7.99. The molecule has 0 atom stereocenters. The summed E-state index contributed by atoms with van der Waals surface area (Å²) in [6.45, 7) is 0. The first kappa shape index (κ1) is 22.3.